The fourth-order valence-electron chi connectivity index (χ4n) is 9.57. The Labute approximate surface area is 362 Å². The average molecular weight is 853 g/mol. The maximum Gasteiger partial charge on any atom is 0.240 e. The highest BCUT2D eigenvalue weighted by molar-refractivity contribution is 7.99. The number of carbonyl (C=O) groups excluding carboxylic acids is 2. The van der Waals surface area contributed by atoms with Crippen molar-refractivity contribution < 1.29 is 9.59 Å². The molecule has 0 radical (unpaired) electrons. The van der Waals surface area contributed by atoms with Crippen LogP contribution >= 0.6 is 23.5 Å². The Morgan fingerprint density at radius 1 is 0.800 bits per heavy atom. The molecule has 2 aromatic carbocycles. The first-order valence-corrected chi connectivity index (χ1v) is 24.1. The number of rotatable bonds is 13. The Kier molecular flexibility index (Phi) is 13.0. The molecule has 14 nitrogen and oxygen atoms in total. The van der Waals surface area contributed by atoms with Gasteiger partial charge in [0.2, 0.25) is 11.8 Å². The molecule has 5 aliphatic rings. The van der Waals surface area contributed by atoms with E-state index in [2.05, 4.69) is 113 Å². The number of nitrogens with one attached hydrogen (secondary N) is 3. The van der Waals surface area contributed by atoms with E-state index in [1.54, 1.807) is 0 Å². The first kappa shape index (κ1) is 41.3. The Hall–Kier alpha value is -4.06. The fraction of sp³-hybridized carbons (Fsp3) is 0.545. The number of nitrogens with zero attached hydrogens (tertiary/aromatic N) is 9. The van der Waals surface area contributed by atoms with E-state index in [1.807, 2.05) is 40.6 Å². The van der Waals surface area contributed by atoms with Gasteiger partial charge in [-0.25, -0.2) is 9.36 Å². The zero-order chi connectivity index (χ0) is 41.0. The third kappa shape index (κ3) is 9.09. The third-order valence-corrected chi connectivity index (χ3v) is 14.9. The van der Waals surface area contributed by atoms with Crippen molar-refractivity contribution in [2.45, 2.75) is 50.7 Å². The molecular weight excluding hydrogens is 793 g/mol. The molecule has 0 saturated carbocycles. The van der Waals surface area contributed by atoms with Crippen LogP contribution in [0, 0.1) is 19.8 Å². The van der Waals surface area contributed by atoms with Gasteiger partial charge in [-0.05, 0) is 51.0 Å². The predicted molar refractivity (Wildman–Crippen MR) is 242 cm³/mol. The Bertz CT molecular complexity index is 2060. The van der Waals surface area contributed by atoms with Crippen LogP contribution in [-0.4, -0.2) is 160 Å². The van der Waals surface area contributed by atoms with Gasteiger partial charge in [-0.2, -0.15) is 22.0 Å². The molecule has 5 aliphatic heterocycles. The normalized spacial score (nSPS) is 24.1. The van der Waals surface area contributed by atoms with Gasteiger partial charge in [0.15, 0.2) is 0 Å². The lowest BCUT2D eigenvalue weighted by molar-refractivity contribution is -0.131. The van der Waals surface area contributed by atoms with Crippen LogP contribution < -0.4 is 25.8 Å². The topological polar surface area (TPSA) is 122 Å². The summed E-state index contributed by atoms with van der Waals surface area (Å²) in [5, 5.41) is 20.3. The van der Waals surface area contributed by atoms with Crippen LogP contribution in [0.4, 0.5) is 11.6 Å². The number of piperazine rings is 2. The lowest BCUT2D eigenvalue weighted by atomic mass is 10.1. The minimum atomic E-state index is -0.0609. The Morgan fingerprint density at radius 3 is 2.22 bits per heavy atom. The predicted octanol–water partition coefficient (Wildman–Crippen LogP) is 3.17. The van der Waals surface area contributed by atoms with Gasteiger partial charge in [0.05, 0.1) is 46.8 Å². The lowest BCUT2D eigenvalue weighted by Gasteiger charge is -2.39. The number of thioether (sulfide) groups is 2. The van der Waals surface area contributed by atoms with E-state index in [0.717, 1.165) is 130 Å². The van der Waals surface area contributed by atoms with Crippen molar-refractivity contribution in [1.82, 2.24) is 50.2 Å². The molecule has 3 N–H and O–H groups in total. The molecule has 7 heterocycles. The van der Waals surface area contributed by atoms with Gasteiger partial charge in [0.1, 0.15) is 11.6 Å². The van der Waals surface area contributed by atoms with Gasteiger partial charge in [0, 0.05) is 113 Å². The van der Waals surface area contributed by atoms with Crippen molar-refractivity contribution in [3.05, 3.63) is 83.7 Å². The molecule has 60 heavy (non-hydrogen) atoms. The Balaban J connectivity index is 0.743. The molecule has 4 aromatic rings. The molecule has 2 amide bonds. The number of carbonyl (C=O) groups is 2. The first-order valence-electron chi connectivity index (χ1n) is 21.8. The van der Waals surface area contributed by atoms with E-state index in [-0.39, 0.29) is 29.9 Å². The molecule has 4 atom stereocenters. The second-order valence-electron chi connectivity index (χ2n) is 16.8. The number of aromatic nitrogens is 4. The molecular formula is C44H60N12O2S2. The highest BCUT2D eigenvalue weighted by Crippen LogP contribution is 2.32. The molecule has 4 unspecified atom stereocenters. The van der Waals surface area contributed by atoms with E-state index in [9.17, 15) is 9.59 Å². The number of aryl methyl sites for hydroxylation is 2. The van der Waals surface area contributed by atoms with Crippen molar-refractivity contribution in [2.24, 2.45) is 5.92 Å². The molecule has 5 saturated heterocycles. The van der Waals surface area contributed by atoms with Gasteiger partial charge < -0.3 is 30.7 Å². The van der Waals surface area contributed by atoms with Crippen LogP contribution in [0.25, 0.3) is 11.4 Å². The van der Waals surface area contributed by atoms with Crippen LogP contribution in [0.2, 0.25) is 0 Å². The van der Waals surface area contributed by atoms with Gasteiger partial charge in [-0.15, -0.1) is 11.8 Å². The Morgan fingerprint density at radius 2 is 1.50 bits per heavy atom. The fourth-order valence-corrected chi connectivity index (χ4v) is 11.5. The second kappa shape index (κ2) is 18.9. The van der Waals surface area contributed by atoms with E-state index >= 15 is 0 Å². The van der Waals surface area contributed by atoms with Crippen molar-refractivity contribution in [3.8, 4) is 11.4 Å². The summed E-state index contributed by atoms with van der Waals surface area (Å²) < 4.78 is 4.19. The van der Waals surface area contributed by atoms with E-state index in [1.165, 1.54) is 11.4 Å². The minimum absolute atomic E-state index is 0.0210. The van der Waals surface area contributed by atoms with E-state index in [4.69, 9.17) is 10.2 Å². The number of hydrogen-bond donors (Lipinski definition) is 3. The molecule has 320 valence electrons. The lowest BCUT2D eigenvalue weighted by Crippen LogP contribution is -2.53. The summed E-state index contributed by atoms with van der Waals surface area (Å²) in [6, 6.07) is 23.3. The highest BCUT2D eigenvalue weighted by Gasteiger charge is 2.38. The summed E-state index contributed by atoms with van der Waals surface area (Å²) in [5.41, 5.74) is 5.48. The molecule has 9 rings (SSSR count). The number of para-hydroxylation sites is 2. The van der Waals surface area contributed by atoms with E-state index < -0.39 is 0 Å². The molecule has 2 aromatic heterocycles. The van der Waals surface area contributed by atoms with Gasteiger partial charge >= 0.3 is 0 Å². The van der Waals surface area contributed by atoms with Crippen molar-refractivity contribution in [2.75, 3.05) is 106 Å². The van der Waals surface area contributed by atoms with Gasteiger partial charge in [0.25, 0.3) is 0 Å². The standard InChI is InChI=1S/C44H60N12O2S2/c1-32-25-41(55(48-32)35-9-5-3-6-10-35)52-18-16-51(17-19-52)40-26-34(28-47-40)42(57)45-13-23-59-30-38-33(2)49-56(36-11-7-4-8-12-36)43(38)53-20-14-50(15-21-53)37-27-39(46-29-37)44(58)54-22-24-60-31-54/h3-12,25,34,37,39-40,46-47H,13-24,26-31H2,1-2H3,(H,45,57). The molecule has 5 fully saturated rings. The van der Waals surface area contributed by atoms with Crippen molar-refractivity contribution >= 4 is 47.0 Å². The van der Waals surface area contributed by atoms with Gasteiger partial charge in [-0.3, -0.25) is 19.4 Å². The smallest absolute Gasteiger partial charge is 0.240 e. The number of benzene rings is 2. The summed E-state index contributed by atoms with van der Waals surface area (Å²) in [5.74, 6) is 6.27. The second-order valence-corrected chi connectivity index (χ2v) is 18.9. The van der Waals surface area contributed by atoms with Crippen molar-refractivity contribution in [1.29, 1.82) is 0 Å². The van der Waals surface area contributed by atoms with Crippen molar-refractivity contribution in [3.63, 3.8) is 0 Å². The first-order chi connectivity index (χ1) is 29.4. The highest BCUT2D eigenvalue weighted by atomic mass is 32.2. The van der Waals surface area contributed by atoms with Crippen LogP contribution in [0.1, 0.15) is 29.8 Å². The molecule has 0 aliphatic carbocycles. The zero-order valence-electron chi connectivity index (χ0n) is 35.0. The van der Waals surface area contributed by atoms with E-state index in [0.29, 0.717) is 19.1 Å². The monoisotopic (exact) mass is 852 g/mol. The summed E-state index contributed by atoms with van der Waals surface area (Å²) in [7, 11) is 0. The number of hydrogen-bond acceptors (Lipinski definition) is 12. The third-order valence-electron chi connectivity index (χ3n) is 12.9. The minimum Gasteiger partial charge on any atom is -0.355 e. The maximum absolute atomic E-state index is 13.4. The van der Waals surface area contributed by atoms with Crippen LogP contribution in [0.3, 0.4) is 0 Å². The largest absolute Gasteiger partial charge is 0.355 e. The van der Waals surface area contributed by atoms with Crippen LogP contribution in [0.5, 0.6) is 0 Å². The SMILES string of the molecule is Cc1cc(N2CCN(C3CC(C(=O)NCCSCc4c(C)nn(-c5ccccc5)c4N4CCN(C5CNC(C(=O)N6CCSC6)C5)CC4)CN3)CC2)n(-c2ccccc2)n1. The summed E-state index contributed by atoms with van der Waals surface area (Å²) in [4.78, 5) is 38.5. The average Bonchev–Trinajstić information content (AvgIpc) is 4.15. The zero-order valence-corrected chi connectivity index (χ0v) is 36.7. The molecule has 0 spiro atoms. The molecule has 0 bridgehead atoms. The number of amides is 2. The molecule has 16 heteroatoms. The van der Waals surface area contributed by atoms with Crippen LogP contribution in [0.15, 0.2) is 66.7 Å². The van der Waals surface area contributed by atoms with Crippen LogP contribution in [-0.2, 0) is 15.3 Å². The quantitative estimate of drug-likeness (QED) is 0.172. The van der Waals surface area contributed by atoms with Gasteiger partial charge in [-0.1, -0.05) is 36.4 Å². The summed E-state index contributed by atoms with van der Waals surface area (Å²) in [6.07, 6.45) is 1.94. The number of anilines is 2. The summed E-state index contributed by atoms with van der Waals surface area (Å²) in [6.45, 7) is 14.8. The summed E-state index contributed by atoms with van der Waals surface area (Å²) >= 11 is 3.71. The maximum atomic E-state index is 13.4.